The smallest absolute Gasteiger partial charge is 0.00359 e. The van der Waals surface area contributed by atoms with Crippen LogP contribution in [0.5, 0.6) is 0 Å². The molecular formula is C14H28S. The predicted molar refractivity (Wildman–Crippen MR) is 72.4 cm³/mol. The minimum Gasteiger partial charge on any atom is -0.161 e. The van der Waals surface area contributed by atoms with Crippen molar-refractivity contribution < 1.29 is 0 Å². The first-order chi connectivity index (χ1) is 6.67. The molecule has 15 heavy (non-hydrogen) atoms. The molecule has 0 saturated carbocycles. The molecule has 0 spiro atoms. The highest BCUT2D eigenvalue weighted by atomic mass is 32.2. The molecule has 0 amide bonds. The van der Waals surface area contributed by atoms with Crippen LogP contribution in [0.1, 0.15) is 54.4 Å². The average Bonchev–Trinajstić information content (AvgIpc) is 2.29. The number of thioether (sulfide) groups is 1. The fourth-order valence-electron chi connectivity index (χ4n) is 2.67. The zero-order valence-corrected chi connectivity index (χ0v) is 12.2. The van der Waals surface area contributed by atoms with Crippen molar-refractivity contribution in [2.24, 2.45) is 22.7 Å². The lowest BCUT2D eigenvalue weighted by molar-refractivity contribution is 0.210. The maximum absolute atomic E-state index is 2.38. The van der Waals surface area contributed by atoms with Gasteiger partial charge < -0.3 is 0 Å². The summed E-state index contributed by atoms with van der Waals surface area (Å²) in [6, 6.07) is 0. The van der Waals surface area contributed by atoms with Gasteiger partial charge in [0.2, 0.25) is 0 Å². The van der Waals surface area contributed by atoms with Crippen molar-refractivity contribution in [1.82, 2.24) is 0 Å². The molecule has 1 aliphatic heterocycles. The highest BCUT2D eigenvalue weighted by Gasteiger charge is 2.33. The molecule has 0 aromatic rings. The minimum atomic E-state index is 0.506. The molecule has 0 bridgehead atoms. The molecule has 1 aliphatic rings. The van der Waals surface area contributed by atoms with Crippen molar-refractivity contribution in [3.8, 4) is 0 Å². The summed E-state index contributed by atoms with van der Waals surface area (Å²) >= 11 is 2.17. The molecule has 2 atom stereocenters. The van der Waals surface area contributed by atoms with Crippen LogP contribution in [-0.2, 0) is 0 Å². The summed E-state index contributed by atoms with van der Waals surface area (Å²) in [5.74, 6) is 4.74. The highest BCUT2D eigenvalue weighted by molar-refractivity contribution is 7.99. The summed E-state index contributed by atoms with van der Waals surface area (Å²) < 4.78 is 0. The lowest BCUT2D eigenvalue weighted by atomic mass is 9.74. The first-order valence-corrected chi connectivity index (χ1v) is 7.41. The van der Waals surface area contributed by atoms with Crippen LogP contribution in [0.4, 0.5) is 0 Å². The second-order valence-corrected chi connectivity index (χ2v) is 8.66. The van der Waals surface area contributed by atoms with E-state index >= 15 is 0 Å². The zero-order chi connectivity index (χ0) is 11.7. The Morgan fingerprint density at radius 1 is 0.800 bits per heavy atom. The molecule has 0 aromatic carbocycles. The molecule has 1 saturated heterocycles. The van der Waals surface area contributed by atoms with Crippen LogP contribution in [0.2, 0.25) is 0 Å². The Balaban J connectivity index is 2.50. The van der Waals surface area contributed by atoms with Crippen LogP contribution in [0.3, 0.4) is 0 Å². The lowest BCUT2D eigenvalue weighted by Gasteiger charge is -2.30. The normalized spacial score (nSPS) is 28.4. The first-order valence-electron chi connectivity index (χ1n) is 6.25. The number of rotatable bonds is 2. The van der Waals surface area contributed by atoms with E-state index in [2.05, 4.69) is 53.3 Å². The summed E-state index contributed by atoms with van der Waals surface area (Å²) in [5.41, 5.74) is 1.01. The largest absolute Gasteiger partial charge is 0.161 e. The maximum atomic E-state index is 2.38. The van der Waals surface area contributed by atoms with Gasteiger partial charge in [-0.05, 0) is 47.0 Å². The molecule has 0 nitrogen and oxygen atoms in total. The first kappa shape index (κ1) is 13.4. The Morgan fingerprint density at radius 3 is 1.40 bits per heavy atom. The summed E-state index contributed by atoms with van der Waals surface area (Å²) in [5, 5.41) is 0. The van der Waals surface area contributed by atoms with Crippen LogP contribution in [0, 0.1) is 22.7 Å². The van der Waals surface area contributed by atoms with Gasteiger partial charge in [0, 0.05) is 0 Å². The van der Waals surface area contributed by atoms with E-state index in [1.54, 1.807) is 0 Å². The van der Waals surface area contributed by atoms with E-state index in [1.165, 1.54) is 24.3 Å². The summed E-state index contributed by atoms with van der Waals surface area (Å²) in [7, 11) is 0. The quantitative estimate of drug-likeness (QED) is 0.652. The Morgan fingerprint density at radius 2 is 1.13 bits per heavy atom. The van der Waals surface area contributed by atoms with E-state index in [0.717, 1.165) is 11.8 Å². The van der Waals surface area contributed by atoms with Gasteiger partial charge in [0.05, 0.1) is 0 Å². The minimum absolute atomic E-state index is 0.506. The van der Waals surface area contributed by atoms with E-state index in [1.807, 2.05) is 0 Å². The molecule has 0 aliphatic carbocycles. The fourth-order valence-corrected chi connectivity index (χ4v) is 4.19. The van der Waals surface area contributed by atoms with Crippen LogP contribution in [0.25, 0.3) is 0 Å². The van der Waals surface area contributed by atoms with Crippen molar-refractivity contribution in [3.05, 3.63) is 0 Å². The molecule has 1 fully saturated rings. The SMILES string of the molecule is CC(C)(C)C[C@@H]1CSC[C@H]1CC(C)(C)C. The van der Waals surface area contributed by atoms with E-state index in [4.69, 9.17) is 0 Å². The van der Waals surface area contributed by atoms with Gasteiger partial charge in [-0.3, -0.25) is 0 Å². The molecule has 1 rings (SSSR count). The molecule has 0 aromatic heterocycles. The number of hydrogen-bond acceptors (Lipinski definition) is 1. The standard InChI is InChI=1S/C14H28S/c1-13(2,3)7-11-9-15-10-12(11)8-14(4,5)6/h11-12H,7-10H2,1-6H3/t11-,12-/m1/s1. The van der Waals surface area contributed by atoms with Gasteiger partial charge in [-0.25, -0.2) is 0 Å². The summed E-state index contributed by atoms with van der Waals surface area (Å²) in [6.07, 6.45) is 2.81. The van der Waals surface area contributed by atoms with Crippen molar-refractivity contribution in [3.63, 3.8) is 0 Å². The van der Waals surface area contributed by atoms with Crippen molar-refractivity contribution >= 4 is 11.8 Å². The van der Waals surface area contributed by atoms with Gasteiger partial charge in [-0.2, -0.15) is 11.8 Å². The topological polar surface area (TPSA) is 0 Å². The van der Waals surface area contributed by atoms with E-state index in [9.17, 15) is 0 Å². The Kier molecular flexibility index (Phi) is 4.20. The Labute approximate surface area is 101 Å². The predicted octanol–water partition coefficient (Wildman–Crippen LogP) is 4.84. The Hall–Kier alpha value is 0.350. The van der Waals surface area contributed by atoms with Crippen molar-refractivity contribution in [2.75, 3.05) is 11.5 Å². The van der Waals surface area contributed by atoms with Gasteiger partial charge in [-0.1, -0.05) is 41.5 Å². The van der Waals surface area contributed by atoms with E-state index < -0.39 is 0 Å². The van der Waals surface area contributed by atoms with Crippen molar-refractivity contribution in [2.45, 2.75) is 54.4 Å². The lowest BCUT2D eigenvalue weighted by Crippen LogP contribution is -2.23. The molecule has 0 radical (unpaired) electrons. The third-order valence-electron chi connectivity index (χ3n) is 3.08. The number of hydrogen-bond donors (Lipinski definition) is 0. The van der Waals surface area contributed by atoms with Gasteiger partial charge in [-0.15, -0.1) is 0 Å². The van der Waals surface area contributed by atoms with Gasteiger partial charge in [0.1, 0.15) is 0 Å². The van der Waals surface area contributed by atoms with Crippen LogP contribution in [0.15, 0.2) is 0 Å². The van der Waals surface area contributed by atoms with Crippen molar-refractivity contribution in [1.29, 1.82) is 0 Å². The second kappa shape index (κ2) is 4.69. The third-order valence-corrected chi connectivity index (χ3v) is 4.41. The van der Waals surface area contributed by atoms with E-state index in [0.29, 0.717) is 10.8 Å². The van der Waals surface area contributed by atoms with Crippen LogP contribution < -0.4 is 0 Å². The molecule has 90 valence electrons. The third kappa shape index (κ3) is 5.29. The molecule has 1 heteroatoms. The molecule has 0 unspecified atom stereocenters. The Bertz CT molecular complexity index is 172. The zero-order valence-electron chi connectivity index (χ0n) is 11.4. The van der Waals surface area contributed by atoms with E-state index in [-0.39, 0.29) is 0 Å². The highest BCUT2D eigenvalue weighted by Crippen LogP contribution is 2.42. The summed E-state index contributed by atoms with van der Waals surface area (Å²) in [4.78, 5) is 0. The monoisotopic (exact) mass is 228 g/mol. The van der Waals surface area contributed by atoms with Crippen LogP contribution >= 0.6 is 11.8 Å². The fraction of sp³-hybridized carbons (Fsp3) is 1.00. The molecule has 0 N–H and O–H groups in total. The maximum Gasteiger partial charge on any atom is -0.00359 e. The average molecular weight is 228 g/mol. The second-order valence-electron chi connectivity index (χ2n) is 7.59. The van der Waals surface area contributed by atoms with Gasteiger partial charge in [0.25, 0.3) is 0 Å². The van der Waals surface area contributed by atoms with Gasteiger partial charge >= 0.3 is 0 Å². The van der Waals surface area contributed by atoms with Gasteiger partial charge in [0.15, 0.2) is 0 Å². The summed E-state index contributed by atoms with van der Waals surface area (Å²) in [6.45, 7) is 14.3. The molecular weight excluding hydrogens is 200 g/mol. The van der Waals surface area contributed by atoms with Crippen LogP contribution in [-0.4, -0.2) is 11.5 Å². The molecule has 1 heterocycles.